The first-order valence-electron chi connectivity index (χ1n) is 6.57. The van der Waals surface area contributed by atoms with Gasteiger partial charge in [-0.1, -0.05) is 27.2 Å². The molecule has 0 aliphatic rings. The molecule has 5 nitrogen and oxygen atoms in total. The summed E-state index contributed by atoms with van der Waals surface area (Å²) in [7, 11) is 0. The summed E-state index contributed by atoms with van der Waals surface area (Å²) in [6, 6.07) is 10.9. The second-order valence-electron chi connectivity index (χ2n) is 4.64. The maximum atomic E-state index is 12.0. The van der Waals surface area contributed by atoms with Gasteiger partial charge in [0.25, 0.3) is 5.91 Å². The highest BCUT2D eigenvalue weighted by Gasteiger charge is 2.18. The maximum Gasteiger partial charge on any atom is 0.261 e. The lowest BCUT2D eigenvalue weighted by Gasteiger charge is -2.07. The van der Waals surface area contributed by atoms with Crippen molar-refractivity contribution >= 4 is 33.2 Å². The highest BCUT2D eigenvalue weighted by atomic mass is 79.9. The largest absolute Gasteiger partial charge is 0.340 e. The fourth-order valence-corrected chi connectivity index (χ4v) is 2.76. The third-order valence-corrected chi connectivity index (χ3v) is 4.40. The van der Waals surface area contributed by atoms with Crippen molar-refractivity contribution in [2.45, 2.75) is 13.0 Å². The Balaban J connectivity index is 1.73. The quantitative estimate of drug-likeness (QED) is 0.744. The molecule has 1 aromatic carbocycles. The van der Waals surface area contributed by atoms with E-state index in [1.807, 2.05) is 42.6 Å². The van der Waals surface area contributed by atoms with Crippen LogP contribution in [0, 0.1) is 0 Å². The first-order chi connectivity index (χ1) is 10.6. The number of nitrogens with zero attached hydrogens (tertiary/aromatic N) is 2. The SMILES string of the molecule is CC(NC(=O)c1cccs1)c1nc(-c2ccc(Br)cc2)no1. The van der Waals surface area contributed by atoms with Crippen molar-refractivity contribution in [1.29, 1.82) is 0 Å². The molecule has 0 aliphatic heterocycles. The first kappa shape index (κ1) is 14.9. The number of hydrogen-bond acceptors (Lipinski definition) is 5. The molecule has 7 heteroatoms. The van der Waals surface area contributed by atoms with Gasteiger partial charge in [0.1, 0.15) is 6.04 Å². The zero-order valence-electron chi connectivity index (χ0n) is 11.6. The summed E-state index contributed by atoms with van der Waals surface area (Å²) < 4.78 is 6.23. The van der Waals surface area contributed by atoms with Gasteiger partial charge in [0.15, 0.2) is 0 Å². The number of hydrogen-bond donors (Lipinski definition) is 1. The van der Waals surface area contributed by atoms with Crippen LogP contribution in [0.5, 0.6) is 0 Å². The van der Waals surface area contributed by atoms with Crippen LogP contribution in [0.3, 0.4) is 0 Å². The van der Waals surface area contributed by atoms with E-state index in [0.29, 0.717) is 16.6 Å². The van der Waals surface area contributed by atoms with Crippen LogP contribution in [-0.2, 0) is 0 Å². The molecule has 0 saturated heterocycles. The highest BCUT2D eigenvalue weighted by Crippen LogP contribution is 2.21. The van der Waals surface area contributed by atoms with E-state index in [1.54, 1.807) is 6.07 Å². The Morgan fingerprint density at radius 2 is 2.09 bits per heavy atom. The number of thiophene rings is 1. The Bertz CT molecular complexity index is 768. The zero-order valence-corrected chi connectivity index (χ0v) is 14.0. The molecule has 1 unspecified atom stereocenters. The monoisotopic (exact) mass is 377 g/mol. The number of benzene rings is 1. The van der Waals surface area contributed by atoms with Gasteiger partial charge in [0.05, 0.1) is 4.88 Å². The van der Waals surface area contributed by atoms with Gasteiger partial charge in [-0.15, -0.1) is 11.3 Å². The van der Waals surface area contributed by atoms with Crippen LogP contribution >= 0.6 is 27.3 Å². The number of carbonyl (C=O) groups is 1. The Kier molecular flexibility index (Phi) is 4.35. The van der Waals surface area contributed by atoms with Gasteiger partial charge < -0.3 is 9.84 Å². The van der Waals surface area contributed by atoms with Gasteiger partial charge in [0.2, 0.25) is 11.7 Å². The average molecular weight is 378 g/mol. The summed E-state index contributed by atoms with van der Waals surface area (Å²) in [5, 5.41) is 8.66. The molecule has 0 saturated carbocycles. The van der Waals surface area contributed by atoms with Gasteiger partial charge in [0, 0.05) is 10.0 Å². The lowest BCUT2D eigenvalue weighted by atomic mass is 10.2. The standard InChI is InChI=1S/C15H12BrN3O2S/c1-9(17-14(20)12-3-2-8-22-12)15-18-13(19-21-15)10-4-6-11(16)7-5-10/h2-9H,1H3,(H,17,20). The van der Waals surface area contributed by atoms with Crippen molar-refractivity contribution in [2.75, 3.05) is 0 Å². The molecule has 3 rings (SSSR count). The van der Waals surface area contributed by atoms with E-state index in [2.05, 4.69) is 31.4 Å². The molecule has 0 fully saturated rings. The molecule has 3 aromatic rings. The van der Waals surface area contributed by atoms with E-state index in [4.69, 9.17) is 4.52 Å². The fourth-order valence-electron chi connectivity index (χ4n) is 1.86. The Labute approximate surface area is 139 Å². The average Bonchev–Trinajstić information content (AvgIpc) is 3.20. The number of aromatic nitrogens is 2. The van der Waals surface area contributed by atoms with Crippen molar-refractivity contribution in [3.05, 3.63) is 57.0 Å². The van der Waals surface area contributed by atoms with Crippen LogP contribution in [0.4, 0.5) is 0 Å². The van der Waals surface area contributed by atoms with Crippen LogP contribution in [-0.4, -0.2) is 16.0 Å². The van der Waals surface area contributed by atoms with Crippen molar-refractivity contribution < 1.29 is 9.32 Å². The number of amides is 1. The summed E-state index contributed by atoms with van der Waals surface area (Å²) in [6.45, 7) is 1.81. The minimum absolute atomic E-state index is 0.147. The molecule has 0 bridgehead atoms. The second-order valence-corrected chi connectivity index (χ2v) is 6.50. The summed E-state index contributed by atoms with van der Waals surface area (Å²) in [4.78, 5) is 17.0. The smallest absolute Gasteiger partial charge is 0.261 e. The van der Waals surface area contributed by atoms with Crippen LogP contribution in [0.2, 0.25) is 0 Å². The third kappa shape index (κ3) is 3.26. The second kappa shape index (κ2) is 6.41. The molecule has 1 amide bonds. The lowest BCUT2D eigenvalue weighted by molar-refractivity contribution is 0.0936. The van der Waals surface area contributed by atoms with Crippen LogP contribution in [0.1, 0.15) is 28.5 Å². The predicted octanol–water partition coefficient (Wildman–Crippen LogP) is 4.05. The first-order valence-corrected chi connectivity index (χ1v) is 8.24. The van der Waals surface area contributed by atoms with Gasteiger partial charge >= 0.3 is 0 Å². The number of nitrogens with one attached hydrogen (secondary N) is 1. The summed E-state index contributed by atoms with van der Waals surface area (Å²) >= 11 is 4.77. The van der Waals surface area contributed by atoms with Gasteiger partial charge in [-0.3, -0.25) is 4.79 Å². The molecular weight excluding hydrogens is 366 g/mol. The highest BCUT2D eigenvalue weighted by molar-refractivity contribution is 9.10. The van der Waals surface area contributed by atoms with E-state index in [-0.39, 0.29) is 11.9 Å². The minimum Gasteiger partial charge on any atom is -0.340 e. The van der Waals surface area contributed by atoms with Crippen molar-refractivity contribution in [3.63, 3.8) is 0 Å². The summed E-state index contributed by atoms with van der Waals surface area (Å²) in [5.74, 6) is 0.730. The van der Waals surface area contributed by atoms with E-state index in [9.17, 15) is 4.79 Å². The zero-order chi connectivity index (χ0) is 15.5. The molecular formula is C15H12BrN3O2S. The number of halogens is 1. The molecule has 2 aromatic heterocycles. The summed E-state index contributed by atoms with van der Waals surface area (Å²) in [5.41, 5.74) is 0.856. The summed E-state index contributed by atoms with van der Waals surface area (Å²) in [6.07, 6.45) is 0. The van der Waals surface area contributed by atoms with E-state index in [1.165, 1.54) is 11.3 Å². The van der Waals surface area contributed by atoms with E-state index >= 15 is 0 Å². The Hall–Kier alpha value is -1.99. The van der Waals surface area contributed by atoms with Crippen LogP contribution in [0.25, 0.3) is 11.4 Å². The molecule has 0 aliphatic carbocycles. The number of carbonyl (C=O) groups excluding carboxylic acids is 1. The minimum atomic E-state index is -0.355. The van der Waals surface area contributed by atoms with Crippen LogP contribution in [0.15, 0.2) is 50.8 Å². The molecule has 1 atom stereocenters. The lowest BCUT2D eigenvalue weighted by Crippen LogP contribution is -2.26. The van der Waals surface area contributed by atoms with E-state index in [0.717, 1.165) is 10.0 Å². The Morgan fingerprint density at radius 3 is 2.77 bits per heavy atom. The fraction of sp³-hybridized carbons (Fsp3) is 0.133. The van der Waals surface area contributed by atoms with Crippen molar-refractivity contribution in [2.24, 2.45) is 0 Å². The molecule has 22 heavy (non-hydrogen) atoms. The van der Waals surface area contributed by atoms with Crippen molar-refractivity contribution in [1.82, 2.24) is 15.5 Å². The Morgan fingerprint density at radius 1 is 1.32 bits per heavy atom. The van der Waals surface area contributed by atoms with E-state index < -0.39 is 0 Å². The molecule has 112 valence electrons. The molecule has 0 spiro atoms. The van der Waals surface area contributed by atoms with Gasteiger partial charge in [-0.2, -0.15) is 4.98 Å². The van der Waals surface area contributed by atoms with Gasteiger partial charge in [-0.25, -0.2) is 0 Å². The normalized spacial score (nSPS) is 12.1. The van der Waals surface area contributed by atoms with Gasteiger partial charge in [-0.05, 0) is 42.6 Å². The molecule has 2 heterocycles. The third-order valence-electron chi connectivity index (χ3n) is 3.01. The topological polar surface area (TPSA) is 68.0 Å². The maximum absolute atomic E-state index is 12.0. The number of rotatable bonds is 4. The molecule has 0 radical (unpaired) electrons. The van der Waals surface area contributed by atoms with Crippen molar-refractivity contribution in [3.8, 4) is 11.4 Å². The predicted molar refractivity (Wildman–Crippen MR) is 87.6 cm³/mol. The van der Waals surface area contributed by atoms with Crippen LogP contribution < -0.4 is 5.32 Å². The molecule has 1 N–H and O–H groups in total.